The maximum atomic E-state index is 11.7. The van der Waals surface area contributed by atoms with Gasteiger partial charge >= 0.3 is 6.03 Å². The number of ether oxygens (including phenoxy) is 2. The molecule has 0 bridgehead atoms. The van der Waals surface area contributed by atoms with Crippen LogP contribution in [-0.2, 0) is 22.7 Å². The second-order valence-corrected chi connectivity index (χ2v) is 7.34. The number of methoxy groups -OCH3 is 1. The van der Waals surface area contributed by atoms with Crippen molar-refractivity contribution in [3.8, 4) is 16.9 Å². The number of nitrogens with zero attached hydrogens (tertiary/aromatic N) is 3. The molecular weight excluding hydrogens is 418 g/mol. The monoisotopic (exact) mass is 441 g/mol. The number of nitrogens with two attached hydrogens (primary N) is 1. The molecule has 0 fully saturated rings. The Kier molecular flexibility index (Phi) is 8.02. The van der Waals surface area contributed by atoms with E-state index in [2.05, 4.69) is 10.2 Å². The van der Waals surface area contributed by atoms with Gasteiger partial charge in [-0.05, 0) is 11.6 Å². The molecule has 3 amide bonds. The van der Waals surface area contributed by atoms with Crippen LogP contribution in [0.15, 0.2) is 59.8 Å². The number of urea groups is 1. The Morgan fingerprint density at radius 2 is 1.84 bits per heavy atom. The zero-order valence-electron chi connectivity index (χ0n) is 17.0. The number of carbonyl (C=O) groups is 2. The minimum absolute atomic E-state index is 0.0221. The van der Waals surface area contributed by atoms with Crippen LogP contribution in [0.2, 0.25) is 0 Å². The largest absolute Gasteiger partial charge is 0.485 e. The van der Waals surface area contributed by atoms with E-state index >= 15 is 0 Å². The standard InChI is InChI=1S/C21H23N5O4S/c1-29-12-11-26-18(24-25-21(26)31-14-19(27)23-20(22)28)13-30-17-10-6-5-9-16(17)15-7-3-2-4-8-15/h2-10H,11-14H2,1H3,(H3,22,23,27,28). The number of hydrogen-bond donors (Lipinski definition) is 2. The summed E-state index contributed by atoms with van der Waals surface area (Å²) in [5, 5.41) is 10.9. The summed E-state index contributed by atoms with van der Waals surface area (Å²) in [7, 11) is 1.60. The topological polar surface area (TPSA) is 121 Å². The second kappa shape index (κ2) is 11.1. The first kappa shape index (κ1) is 22.3. The molecule has 3 N–H and O–H groups in total. The first-order chi connectivity index (χ1) is 15.1. The van der Waals surface area contributed by atoms with Gasteiger partial charge in [0.1, 0.15) is 12.4 Å². The number of amides is 3. The van der Waals surface area contributed by atoms with Gasteiger partial charge in [0.25, 0.3) is 0 Å². The Balaban J connectivity index is 1.74. The SMILES string of the molecule is COCCn1c(COc2ccccc2-c2ccccc2)nnc1SCC(=O)NC(N)=O. The van der Waals surface area contributed by atoms with Crippen molar-refractivity contribution < 1.29 is 19.1 Å². The lowest BCUT2D eigenvalue weighted by Gasteiger charge is -2.13. The van der Waals surface area contributed by atoms with Crippen LogP contribution in [0.3, 0.4) is 0 Å². The van der Waals surface area contributed by atoms with Gasteiger partial charge in [-0.3, -0.25) is 10.1 Å². The molecule has 1 heterocycles. The van der Waals surface area contributed by atoms with E-state index in [1.54, 1.807) is 7.11 Å². The summed E-state index contributed by atoms with van der Waals surface area (Å²) in [4.78, 5) is 22.5. The van der Waals surface area contributed by atoms with Crippen molar-refractivity contribution in [1.82, 2.24) is 20.1 Å². The summed E-state index contributed by atoms with van der Waals surface area (Å²) in [6.07, 6.45) is 0. The molecule has 0 aliphatic heterocycles. The minimum Gasteiger partial charge on any atom is -0.485 e. The summed E-state index contributed by atoms with van der Waals surface area (Å²) in [6.45, 7) is 1.11. The van der Waals surface area contributed by atoms with Crippen LogP contribution in [0.5, 0.6) is 5.75 Å². The molecule has 9 nitrogen and oxygen atoms in total. The number of benzene rings is 2. The van der Waals surface area contributed by atoms with Crippen molar-refractivity contribution in [3.63, 3.8) is 0 Å². The molecule has 0 atom stereocenters. The van der Waals surface area contributed by atoms with Gasteiger partial charge in [0.05, 0.1) is 12.4 Å². The molecule has 162 valence electrons. The number of imide groups is 1. The lowest BCUT2D eigenvalue weighted by atomic mass is 10.1. The van der Waals surface area contributed by atoms with Crippen LogP contribution in [-0.4, -0.2) is 46.2 Å². The number of hydrogen-bond acceptors (Lipinski definition) is 7. The van der Waals surface area contributed by atoms with Gasteiger partial charge in [0.2, 0.25) is 5.91 Å². The molecule has 0 spiro atoms. The van der Waals surface area contributed by atoms with E-state index in [9.17, 15) is 9.59 Å². The Bertz CT molecular complexity index is 1030. The molecule has 0 radical (unpaired) electrons. The Morgan fingerprint density at radius 1 is 1.10 bits per heavy atom. The highest BCUT2D eigenvalue weighted by Gasteiger charge is 2.16. The predicted octanol–water partition coefficient (Wildman–Crippen LogP) is 2.46. The number of nitrogens with one attached hydrogen (secondary N) is 1. The summed E-state index contributed by atoms with van der Waals surface area (Å²) in [6, 6.07) is 16.9. The van der Waals surface area contributed by atoms with E-state index in [-0.39, 0.29) is 12.4 Å². The fraction of sp³-hybridized carbons (Fsp3) is 0.238. The highest BCUT2D eigenvalue weighted by atomic mass is 32.2. The van der Waals surface area contributed by atoms with Gasteiger partial charge in [-0.1, -0.05) is 60.3 Å². The zero-order valence-corrected chi connectivity index (χ0v) is 17.8. The van der Waals surface area contributed by atoms with Gasteiger partial charge < -0.3 is 19.8 Å². The molecule has 10 heteroatoms. The maximum Gasteiger partial charge on any atom is 0.318 e. The second-order valence-electron chi connectivity index (χ2n) is 6.40. The lowest BCUT2D eigenvalue weighted by molar-refractivity contribution is -0.117. The summed E-state index contributed by atoms with van der Waals surface area (Å²) in [5.41, 5.74) is 6.99. The fourth-order valence-corrected chi connectivity index (χ4v) is 3.62. The van der Waals surface area contributed by atoms with Gasteiger partial charge in [0.15, 0.2) is 11.0 Å². The molecule has 1 aromatic heterocycles. The van der Waals surface area contributed by atoms with Crippen LogP contribution >= 0.6 is 11.8 Å². The number of rotatable bonds is 10. The van der Waals surface area contributed by atoms with Crippen LogP contribution in [0, 0.1) is 0 Å². The molecule has 0 saturated carbocycles. The molecule has 3 aromatic rings. The van der Waals surface area contributed by atoms with Crippen molar-refractivity contribution in [3.05, 3.63) is 60.4 Å². The Hall–Kier alpha value is -3.37. The van der Waals surface area contributed by atoms with Crippen molar-refractivity contribution in [2.24, 2.45) is 5.73 Å². The Morgan fingerprint density at radius 3 is 2.58 bits per heavy atom. The molecule has 0 aliphatic carbocycles. The summed E-state index contributed by atoms with van der Waals surface area (Å²) < 4.78 is 13.1. The quantitative estimate of drug-likeness (QED) is 0.464. The average molecular weight is 442 g/mol. The highest BCUT2D eigenvalue weighted by molar-refractivity contribution is 7.99. The van der Waals surface area contributed by atoms with Crippen molar-refractivity contribution >= 4 is 23.7 Å². The predicted molar refractivity (Wildman–Crippen MR) is 117 cm³/mol. The Labute approximate surface area is 183 Å². The smallest absolute Gasteiger partial charge is 0.318 e. The normalized spacial score (nSPS) is 10.6. The third kappa shape index (κ3) is 6.30. The van der Waals surface area contributed by atoms with E-state index in [1.807, 2.05) is 64.5 Å². The van der Waals surface area contributed by atoms with E-state index in [1.165, 1.54) is 0 Å². The first-order valence-electron chi connectivity index (χ1n) is 9.49. The van der Waals surface area contributed by atoms with Crippen LogP contribution in [0.1, 0.15) is 5.82 Å². The number of primary amides is 1. The minimum atomic E-state index is -0.891. The molecule has 0 saturated heterocycles. The van der Waals surface area contributed by atoms with Gasteiger partial charge in [-0.25, -0.2) is 4.79 Å². The maximum absolute atomic E-state index is 11.7. The van der Waals surface area contributed by atoms with E-state index < -0.39 is 11.9 Å². The van der Waals surface area contributed by atoms with E-state index in [0.717, 1.165) is 28.6 Å². The van der Waals surface area contributed by atoms with Crippen molar-refractivity contribution in [2.45, 2.75) is 18.3 Å². The number of carbonyl (C=O) groups excluding carboxylic acids is 2. The molecule has 2 aromatic carbocycles. The first-order valence-corrected chi connectivity index (χ1v) is 10.5. The van der Waals surface area contributed by atoms with Crippen molar-refractivity contribution in [1.29, 1.82) is 0 Å². The van der Waals surface area contributed by atoms with Crippen molar-refractivity contribution in [2.75, 3.05) is 19.5 Å². The average Bonchev–Trinajstić information content (AvgIpc) is 3.16. The molecule has 0 aliphatic rings. The molecular formula is C21H23N5O4S. The lowest BCUT2D eigenvalue weighted by Crippen LogP contribution is -2.36. The van der Waals surface area contributed by atoms with E-state index in [4.69, 9.17) is 15.2 Å². The van der Waals surface area contributed by atoms with Gasteiger partial charge in [0, 0.05) is 19.2 Å². The third-order valence-corrected chi connectivity index (χ3v) is 5.20. The highest BCUT2D eigenvalue weighted by Crippen LogP contribution is 2.30. The molecule has 0 unspecified atom stereocenters. The van der Waals surface area contributed by atoms with Crippen LogP contribution in [0.25, 0.3) is 11.1 Å². The number of para-hydroxylation sites is 1. The van der Waals surface area contributed by atoms with E-state index in [0.29, 0.717) is 24.1 Å². The van der Waals surface area contributed by atoms with Gasteiger partial charge in [-0.15, -0.1) is 10.2 Å². The molecule has 3 rings (SSSR count). The molecule has 31 heavy (non-hydrogen) atoms. The van der Waals surface area contributed by atoms with Gasteiger partial charge in [-0.2, -0.15) is 0 Å². The van der Waals surface area contributed by atoms with Crippen LogP contribution in [0.4, 0.5) is 4.79 Å². The number of thioether (sulfide) groups is 1. The summed E-state index contributed by atoms with van der Waals surface area (Å²) in [5.74, 6) is 0.794. The fourth-order valence-electron chi connectivity index (χ4n) is 2.83. The third-order valence-electron chi connectivity index (χ3n) is 4.24. The van der Waals surface area contributed by atoms with Crippen LogP contribution < -0.4 is 15.8 Å². The number of aromatic nitrogens is 3. The summed E-state index contributed by atoms with van der Waals surface area (Å²) >= 11 is 1.15. The zero-order chi connectivity index (χ0) is 22.1.